The molecular weight excluding hydrogens is 911 g/mol. The van der Waals surface area contributed by atoms with Gasteiger partial charge >= 0.3 is 11.9 Å². The number of esters is 2. The summed E-state index contributed by atoms with van der Waals surface area (Å²) in [5.74, 6) is -2.32. The standard InChI is InChI=1S/C64H111NO8/c1-6-8-10-12-14-16-18-20-22-24-25-26-27-28-29-30-31-32-33-34-35-36-37-39-40-42-44-46-48-50-52-54-61(66)71-58-60(59-72-64(63(68)69)70-57-56-65(3,4)5)73-62(67)55-53-51-49-47-45-43-41-38-23-21-19-17-15-13-11-9-7-2/h9,11,15,17-18,20-21,23-25,27-28,41,43,60,64H,6-8,10,12-14,16,19,22,26,29-40,42,44-59H2,1-5H3/b11-9-,17-15-,20-18-,23-21-,25-24-,28-27-,43-41-. The smallest absolute Gasteiger partial charge is 0.306 e. The molecule has 420 valence electrons. The van der Waals surface area contributed by atoms with Crippen LogP contribution >= 0.6 is 0 Å². The van der Waals surface area contributed by atoms with Crippen molar-refractivity contribution in [1.29, 1.82) is 0 Å². The first-order valence-electron chi connectivity index (χ1n) is 29.7. The minimum Gasteiger partial charge on any atom is -0.545 e. The number of carboxylic acid groups (broad SMARTS) is 1. The van der Waals surface area contributed by atoms with Gasteiger partial charge in [0.05, 0.1) is 40.3 Å². The van der Waals surface area contributed by atoms with E-state index < -0.39 is 24.3 Å². The van der Waals surface area contributed by atoms with Gasteiger partial charge in [-0.2, -0.15) is 0 Å². The molecule has 0 amide bonds. The van der Waals surface area contributed by atoms with Crippen LogP contribution in [0, 0.1) is 0 Å². The lowest BCUT2D eigenvalue weighted by Crippen LogP contribution is -2.44. The van der Waals surface area contributed by atoms with Gasteiger partial charge in [-0.3, -0.25) is 9.59 Å². The van der Waals surface area contributed by atoms with E-state index in [1.54, 1.807) is 0 Å². The molecule has 0 aliphatic carbocycles. The van der Waals surface area contributed by atoms with Crippen LogP contribution in [0.4, 0.5) is 0 Å². The fraction of sp³-hybridized carbons (Fsp3) is 0.734. The van der Waals surface area contributed by atoms with Gasteiger partial charge in [-0.1, -0.05) is 227 Å². The summed E-state index contributed by atoms with van der Waals surface area (Å²) in [6, 6.07) is 0. The van der Waals surface area contributed by atoms with E-state index in [0.717, 1.165) is 83.5 Å². The molecule has 9 nitrogen and oxygen atoms in total. The van der Waals surface area contributed by atoms with Crippen LogP contribution in [-0.2, 0) is 33.3 Å². The average Bonchev–Trinajstić information content (AvgIpc) is 3.36. The van der Waals surface area contributed by atoms with E-state index in [2.05, 4.69) is 98.9 Å². The Labute approximate surface area is 449 Å². The highest BCUT2D eigenvalue weighted by Crippen LogP contribution is 2.16. The molecule has 0 bridgehead atoms. The molecule has 0 saturated heterocycles. The Morgan fingerprint density at radius 1 is 0.425 bits per heavy atom. The number of aliphatic carboxylic acids is 1. The van der Waals surface area contributed by atoms with Crippen LogP contribution < -0.4 is 5.11 Å². The molecular formula is C64H111NO8. The lowest BCUT2D eigenvalue weighted by Gasteiger charge is -2.26. The number of hydrogen-bond donors (Lipinski definition) is 0. The van der Waals surface area contributed by atoms with Crippen molar-refractivity contribution in [3.05, 3.63) is 85.1 Å². The number of quaternary nitrogens is 1. The topological polar surface area (TPSA) is 111 Å². The Hall–Kier alpha value is -3.53. The van der Waals surface area contributed by atoms with Crippen LogP contribution in [0.5, 0.6) is 0 Å². The Balaban J connectivity index is 4.17. The number of likely N-dealkylation sites (N-methyl/N-ethyl adjacent to an activating group) is 1. The molecule has 2 unspecified atom stereocenters. The zero-order valence-corrected chi connectivity index (χ0v) is 47.7. The summed E-state index contributed by atoms with van der Waals surface area (Å²) in [4.78, 5) is 37.3. The van der Waals surface area contributed by atoms with Gasteiger partial charge in [0, 0.05) is 12.8 Å². The second-order valence-electron chi connectivity index (χ2n) is 20.9. The molecule has 0 saturated carbocycles. The molecule has 0 heterocycles. The van der Waals surface area contributed by atoms with Gasteiger partial charge in [-0.05, 0) is 89.9 Å². The average molecular weight is 1020 g/mol. The summed E-state index contributed by atoms with van der Waals surface area (Å²) in [7, 11) is 5.91. The van der Waals surface area contributed by atoms with Crippen molar-refractivity contribution in [2.24, 2.45) is 0 Å². The first-order valence-corrected chi connectivity index (χ1v) is 29.7. The molecule has 9 heteroatoms. The van der Waals surface area contributed by atoms with Crippen LogP contribution in [0.3, 0.4) is 0 Å². The van der Waals surface area contributed by atoms with Crippen LogP contribution in [0.2, 0.25) is 0 Å². The fourth-order valence-electron chi connectivity index (χ4n) is 8.06. The minimum atomic E-state index is -1.63. The maximum Gasteiger partial charge on any atom is 0.306 e. The zero-order chi connectivity index (χ0) is 53.4. The molecule has 0 rings (SSSR count). The third-order valence-corrected chi connectivity index (χ3v) is 12.6. The van der Waals surface area contributed by atoms with E-state index in [1.807, 2.05) is 21.1 Å². The summed E-state index contributed by atoms with van der Waals surface area (Å²) in [6.45, 7) is 4.60. The molecule has 0 aliphatic rings. The highest BCUT2D eigenvalue weighted by atomic mass is 16.7. The fourth-order valence-corrected chi connectivity index (χ4v) is 8.06. The Bertz CT molecular complexity index is 1470. The molecule has 2 atom stereocenters. The van der Waals surface area contributed by atoms with E-state index in [4.69, 9.17) is 18.9 Å². The van der Waals surface area contributed by atoms with Crippen molar-refractivity contribution >= 4 is 17.9 Å². The van der Waals surface area contributed by atoms with Crippen molar-refractivity contribution < 1.29 is 42.9 Å². The molecule has 0 aromatic heterocycles. The van der Waals surface area contributed by atoms with E-state index in [1.165, 1.54) is 128 Å². The quantitative estimate of drug-likeness (QED) is 0.0195. The number of rotatable bonds is 54. The molecule has 0 spiro atoms. The highest BCUT2D eigenvalue weighted by Gasteiger charge is 2.22. The molecule has 0 aromatic carbocycles. The van der Waals surface area contributed by atoms with Gasteiger partial charge in [0.2, 0.25) is 0 Å². The van der Waals surface area contributed by atoms with Crippen molar-refractivity contribution in [3.8, 4) is 0 Å². The van der Waals surface area contributed by atoms with E-state index in [0.29, 0.717) is 17.4 Å². The molecule has 0 fully saturated rings. The summed E-state index contributed by atoms with van der Waals surface area (Å²) < 4.78 is 22.7. The van der Waals surface area contributed by atoms with Gasteiger partial charge < -0.3 is 33.3 Å². The van der Waals surface area contributed by atoms with Crippen molar-refractivity contribution in [3.63, 3.8) is 0 Å². The first-order chi connectivity index (χ1) is 35.6. The summed E-state index contributed by atoms with van der Waals surface area (Å²) in [5.41, 5.74) is 0. The van der Waals surface area contributed by atoms with Gasteiger partial charge in [0.1, 0.15) is 13.2 Å². The monoisotopic (exact) mass is 1020 g/mol. The van der Waals surface area contributed by atoms with Crippen LogP contribution in [0.25, 0.3) is 0 Å². The number of carbonyl (C=O) groups is 3. The van der Waals surface area contributed by atoms with Gasteiger partial charge in [0.15, 0.2) is 12.4 Å². The maximum atomic E-state index is 12.8. The SMILES string of the molecule is CC/C=C\C/C=C\C/C=C\C/C=C\CCCCCCC(=O)OC(COC(=O)CCCCCCCCCCCCCCCCCC/C=C\C/C=C\C/C=C\CCCCCCC)COC(OCC[N+](C)(C)C)C(=O)[O-]. The molecule has 73 heavy (non-hydrogen) atoms. The Morgan fingerprint density at radius 2 is 0.781 bits per heavy atom. The van der Waals surface area contributed by atoms with Crippen LogP contribution in [0.1, 0.15) is 245 Å². The second kappa shape index (κ2) is 54.7. The van der Waals surface area contributed by atoms with Crippen molar-refractivity contribution in [2.75, 3.05) is 47.5 Å². The number of allylic oxidation sites excluding steroid dienone is 14. The Morgan fingerprint density at radius 3 is 1.16 bits per heavy atom. The Kier molecular flexibility index (Phi) is 52.1. The number of carbonyl (C=O) groups excluding carboxylic acids is 3. The highest BCUT2D eigenvalue weighted by molar-refractivity contribution is 5.70. The largest absolute Gasteiger partial charge is 0.545 e. The molecule has 0 aromatic rings. The van der Waals surface area contributed by atoms with E-state index in [9.17, 15) is 19.5 Å². The normalized spacial score (nSPS) is 13.4. The van der Waals surface area contributed by atoms with Gasteiger partial charge in [-0.25, -0.2) is 0 Å². The zero-order valence-electron chi connectivity index (χ0n) is 47.7. The number of hydrogen-bond acceptors (Lipinski definition) is 8. The minimum absolute atomic E-state index is 0.139. The lowest BCUT2D eigenvalue weighted by molar-refractivity contribution is -0.870. The maximum absolute atomic E-state index is 12.8. The van der Waals surface area contributed by atoms with Crippen molar-refractivity contribution in [1.82, 2.24) is 0 Å². The molecule has 0 aliphatic heterocycles. The van der Waals surface area contributed by atoms with E-state index in [-0.39, 0.29) is 38.6 Å². The number of carboxylic acids is 1. The lowest BCUT2D eigenvalue weighted by atomic mass is 10.0. The summed E-state index contributed by atoms with van der Waals surface area (Å²) in [5, 5.41) is 11.8. The number of unbranched alkanes of at least 4 members (excludes halogenated alkanes) is 25. The molecule has 0 N–H and O–H groups in total. The predicted molar refractivity (Wildman–Crippen MR) is 306 cm³/mol. The van der Waals surface area contributed by atoms with Crippen molar-refractivity contribution in [2.45, 2.75) is 257 Å². The van der Waals surface area contributed by atoms with E-state index >= 15 is 0 Å². The summed E-state index contributed by atoms with van der Waals surface area (Å²) in [6.07, 6.45) is 69.3. The van der Waals surface area contributed by atoms with Crippen LogP contribution in [-0.4, -0.2) is 82.3 Å². The molecule has 0 radical (unpaired) electrons. The number of nitrogens with zero attached hydrogens (tertiary/aromatic N) is 1. The summed E-state index contributed by atoms with van der Waals surface area (Å²) >= 11 is 0. The second-order valence-corrected chi connectivity index (χ2v) is 20.9. The number of ether oxygens (including phenoxy) is 4. The third kappa shape index (κ3) is 56.0. The van der Waals surface area contributed by atoms with Gasteiger partial charge in [-0.15, -0.1) is 0 Å². The predicted octanol–water partition coefficient (Wildman–Crippen LogP) is 16.2. The third-order valence-electron chi connectivity index (χ3n) is 12.6. The van der Waals surface area contributed by atoms with Gasteiger partial charge in [0.25, 0.3) is 0 Å². The first kappa shape index (κ1) is 69.5. The van der Waals surface area contributed by atoms with Crippen LogP contribution in [0.15, 0.2) is 85.1 Å².